The van der Waals surface area contributed by atoms with E-state index >= 15 is 0 Å². The molecule has 0 amide bonds. The molecule has 0 unspecified atom stereocenters. The molecule has 0 aromatic carbocycles. The van der Waals surface area contributed by atoms with E-state index in [0.29, 0.717) is 0 Å². The second-order valence-electron chi connectivity index (χ2n) is 0. The van der Waals surface area contributed by atoms with Crippen molar-refractivity contribution in [3.05, 3.63) is 0 Å². The third-order valence-electron chi connectivity index (χ3n) is 0. The van der Waals surface area contributed by atoms with Crippen molar-refractivity contribution < 1.29 is 84.1 Å². The summed E-state index contributed by atoms with van der Waals surface area (Å²) in [5.74, 6) is 0. The summed E-state index contributed by atoms with van der Waals surface area (Å²) < 4.78 is 0. The molecule has 0 aromatic heterocycles. The van der Waals surface area contributed by atoms with Gasteiger partial charge in [0.15, 0.2) is 0 Å². The van der Waals surface area contributed by atoms with Crippen LogP contribution in [0.15, 0.2) is 0 Å². The molecule has 0 rings (SSSR count). The fourth-order valence-corrected chi connectivity index (χ4v) is 0. The number of rotatable bonds is 0. The Morgan fingerprint density at radius 1 is 0.455 bits per heavy atom. The van der Waals surface area contributed by atoms with Gasteiger partial charge in [0.1, 0.15) is 20.4 Å². The largest absolute Gasteiger partial charge is 1.00 e. The van der Waals surface area contributed by atoms with Crippen LogP contribution in [0.4, 0.5) is 0 Å². The molecule has 0 aliphatic carbocycles. The van der Waals surface area contributed by atoms with E-state index in [-0.39, 0.29) is 69.7 Å². The molecule has 1 radical (unpaired) electrons. The number of carbonyl (C=O) groups excluding carboxylic acids is 3. The predicted octanol–water partition coefficient (Wildman–Crippen LogP) is -12.5. The van der Waals surface area contributed by atoms with E-state index in [0.717, 1.165) is 0 Å². The summed E-state index contributed by atoms with van der Waals surface area (Å²) in [6.45, 7) is 6.00. The van der Waals surface area contributed by atoms with Crippen LogP contribution in [0.2, 0.25) is 0 Å². The summed E-state index contributed by atoms with van der Waals surface area (Å²) in [5.41, 5.74) is 0. The second kappa shape index (κ2) is 1550. The first-order chi connectivity index (χ1) is 3.00. The summed E-state index contributed by atoms with van der Waals surface area (Å²) >= 11 is 0. The molecule has 0 aliphatic heterocycles. The van der Waals surface area contributed by atoms with Gasteiger partial charge in [0.2, 0.25) is 0 Å². The van der Waals surface area contributed by atoms with Crippen LogP contribution in [0.1, 0.15) is 0 Å². The third kappa shape index (κ3) is 1250. The normalized spacial score (nSPS) is 1.09. The second-order valence-corrected chi connectivity index (χ2v) is 0. The van der Waals surface area contributed by atoms with Gasteiger partial charge in [0, 0.05) is 20.1 Å². The fraction of sp³-hybridized carbons (Fsp3) is 0. The minimum atomic E-state index is 0. The first-order valence-electron chi connectivity index (χ1n) is 0.866. The van der Waals surface area contributed by atoms with Gasteiger partial charge in [-0.15, -0.1) is 0 Å². The average Bonchev–Trinajstić information content (AvgIpc) is 1.81. The maximum Gasteiger partial charge on any atom is 0.106 e. The van der Waals surface area contributed by atoms with E-state index in [2.05, 4.69) is 0 Å². The van der Waals surface area contributed by atoms with Crippen LogP contribution in [0, 0.1) is 0 Å². The molecule has 0 fully saturated rings. The predicted molar refractivity (Wildman–Crippen MR) is 21.4 cm³/mol. The molecule has 8 heteroatoms. The van der Waals surface area contributed by atoms with Gasteiger partial charge < -0.3 is 64.0 Å². The third-order valence-corrected chi connectivity index (χ3v) is 0. The van der Waals surface area contributed by atoms with Crippen molar-refractivity contribution in [3.63, 3.8) is 0 Å². The van der Waals surface area contributed by atoms with E-state index in [1.165, 1.54) is 0 Å². The Kier molecular flexibility index (Phi) is 13400. The maximum absolute atomic E-state index is 8.00. The Morgan fingerprint density at radius 3 is 0.455 bits per heavy atom. The molecule has 0 spiro atoms. The Morgan fingerprint density at radius 2 is 0.455 bits per heavy atom. The van der Waals surface area contributed by atoms with Crippen molar-refractivity contribution in [2.45, 2.75) is 0 Å². The fourth-order valence-electron chi connectivity index (χ4n) is 0. The molecule has 0 aromatic rings. The summed E-state index contributed by atoms with van der Waals surface area (Å²) in [4.78, 5) is 24.0. The Labute approximate surface area is 104 Å². The SMILES string of the molecule is C=O.C=O.C=O.[Cl-].[Cl-].[Cl-].[Cl-].[Ir]. The van der Waals surface area contributed by atoms with Crippen molar-refractivity contribution in [3.8, 4) is 0 Å². The van der Waals surface area contributed by atoms with Crippen LogP contribution in [0.25, 0.3) is 0 Å². The van der Waals surface area contributed by atoms with Crippen LogP contribution < -0.4 is 49.6 Å². The van der Waals surface area contributed by atoms with Crippen molar-refractivity contribution in [1.29, 1.82) is 0 Å². The summed E-state index contributed by atoms with van der Waals surface area (Å²) in [7, 11) is 0. The van der Waals surface area contributed by atoms with Gasteiger partial charge in [-0.25, -0.2) is 0 Å². The Bertz CT molecular complexity index is 25.3. The number of carbonyl (C=O) groups is 3. The van der Waals surface area contributed by atoms with Crippen molar-refractivity contribution in [1.82, 2.24) is 0 Å². The van der Waals surface area contributed by atoms with Crippen LogP contribution in [0.3, 0.4) is 0 Å². The van der Waals surface area contributed by atoms with Gasteiger partial charge in [0.25, 0.3) is 0 Å². The van der Waals surface area contributed by atoms with E-state index in [9.17, 15) is 0 Å². The minimum absolute atomic E-state index is 0. The first-order valence-corrected chi connectivity index (χ1v) is 0.866. The van der Waals surface area contributed by atoms with Gasteiger partial charge in [-0.3, -0.25) is 0 Å². The van der Waals surface area contributed by atoms with Crippen molar-refractivity contribution in [2.75, 3.05) is 0 Å². The summed E-state index contributed by atoms with van der Waals surface area (Å²) in [6.07, 6.45) is 0. The molecule has 0 N–H and O–H groups in total. The first kappa shape index (κ1) is 94.8. The monoisotopic (exact) mass is 423 g/mol. The summed E-state index contributed by atoms with van der Waals surface area (Å²) in [5, 5.41) is 0. The Hall–Kier alpha value is 0.819. The number of hydrogen-bond acceptors (Lipinski definition) is 3. The van der Waals surface area contributed by atoms with Gasteiger partial charge >= 0.3 is 0 Å². The molecule has 77 valence electrons. The van der Waals surface area contributed by atoms with Gasteiger partial charge in [-0.05, 0) is 0 Å². The number of halogens is 4. The van der Waals surface area contributed by atoms with E-state index in [1.807, 2.05) is 20.4 Å². The van der Waals surface area contributed by atoms with Crippen LogP contribution in [0.5, 0.6) is 0 Å². The van der Waals surface area contributed by atoms with E-state index in [1.54, 1.807) is 0 Å². The topological polar surface area (TPSA) is 51.2 Å². The molecule has 11 heavy (non-hydrogen) atoms. The van der Waals surface area contributed by atoms with E-state index < -0.39 is 0 Å². The van der Waals surface area contributed by atoms with Crippen LogP contribution >= 0.6 is 0 Å². The van der Waals surface area contributed by atoms with Gasteiger partial charge in [-0.2, -0.15) is 0 Å². The molecule has 0 atom stereocenters. The Balaban J connectivity index is -0.00000000167. The van der Waals surface area contributed by atoms with Crippen LogP contribution in [-0.4, -0.2) is 20.4 Å². The molecule has 0 bridgehead atoms. The molecule has 0 saturated carbocycles. The zero-order valence-electron chi connectivity index (χ0n) is 5.19. The smallest absolute Gasteiger partial charge is 0.106 e. The molecule has 0 aliphatic rings. The van der Waals surface area contributed by atoms with Gasteiger partial charge in [0.05, 0.1) is 0 Å². The molecule has 3 nitrogen and oxygen atoms in total. The minimum Gasteiger partial charge on any atom is -1.00 e. The zero-order chi connectivity index (χ0) is 6.00. The van der Waals surface area contributed by atoms with Crippen molar-refractivity contribution >= 4 is 20.4 Å². The molecular weight excluding hydrogens is 418 g/mol. The molecule has 0 heterocycles. The average molecular weight is 424 g/mol. The summed E-state index contributed by atoms with van der Waals surface area (Å²) in [6, 6.07) is 0. The standard InChI is InChI=1S/3CH2O.4ClH.Ir/c3*1-2;;;;;/h3*1H2;4*1H;/p-4. The number of hydrogen-bond donors (Lipinski definition) is 0. The maximum atomic E-state index is 8.00. The van der Waals surface area contributed by atoms with Crippen molar-refractivity contribution in [2.24, 2.45) is 0 Å². The quantitative estimate of drug-likeness (QED) is 0.389. The zero-order valence-corrected chi connectivity index (χ0v) is 10.6. The van der Waals surface area contributed by atoms with Crippen LogP contribution in [-0.2, 0) is 34.5 Å². The molecular formula is C3H6Cl4IrO3-4. The van der Waals surface area contributed by atoms with Gasteiger partial charge in [-0.1, -0.05) is 0 Å². The molecule has 0 saturated heterocycles. The van der Waals surface area contributed by atoms with E-state index in [4.69, 9.17) is 14.4 Å².